The van der Waals surface area contributed by atoms with E-state index in [-0.39, 0.29) is 5.56 Å². The molecule has 0 atom stereocenters. The largest absolute Gasteiger partial charge is 0.497 e. The minimum absolute atomic E-state index is 0.00329. The minimum Gasteiger partial charge on any atom is -0.497 e. The van der Waals surface area contributed by atoms with Crippen LogP contribution in [-0.4, -0.2) is 20.1 Å². The first-order valence-corrected chi connectivity index (χ1v) is 6.47. The third-order valence-corrected chi connectivity index (χ3v) is 3.24. The molecule has 21 heavy (non-hydrogen) atoms. The average Bonchev–Trinajstić information content (AvgIpc) is 2.53. The molecule has 4 nitrogen and oxygen atoms in total. The normalized spacial score (nSPS) is 10.3. The Morgan fingerprint density at radius 2 is 2.05 bits per heavy atom. The zero-order valence-electron chi connectivity index (χ0n) is 12.0. The first-order valence-electron chi connectivity index (χ1n) is 6.47. The minimum atomic E-state index is -0.610. The van der Waals surface area contributed by atoms with E-state index in [4.69, 9.17) is 10.5 Å². The number of anilines is 1. The summed E-state index contributed by atoms with van der Waals surface area (Å²) in [5.41, 5.74) is 7.15. The smallest absolute Gasteiger partial charge is 0.260 e. The average molecular weight is 288 g/mol. The number of nitrogens with zero attached hydrogens (tertiary/aromatic N) is 1. The molecular weight excluding hydrogens is 271 g/mol. The number of methoxy groups -OCH3 is 1. The molecule has 0 aliphatic rings. The highest BCUT2D eigenvalue weighted by molar-refractivity contribution is 6.06. The number of amides is 1. The van der Waals surface area contributed by atoms with Gasteiger partial charge in [-0.1, -0.05) is 12.1 Å². The molecule has 2 rings (SSSR count). The van der Waals surface area contributed by atoms with Crippen LogP contribution in [-0.2, 0) is 6.54 Å². The van der Waals surface area contributed by atoms with Crippen molar-refractivity contribution in [2.24, 2.45) is 5.73 Å². The van der Waals surface area contributed by atoms with E-state index in [0.29, 0.717) is 18.0 Å². The van der Waals surface area contributed by atoms with Crippen molar-refractivity contribution in [2.75, 3.05) is 19.1 Å². The summed E-state index contributed by atoms with van der Waals surface area (Å²) in [6, 6.07) is 11.4. The van der Waals surface area contributed by atoms with Crippen LogP contribution in [0.5, 0.6) is 5.75 Å². The lowest BCUT2D eigenvalue weighted by molar-refractivity contribution is 0.0989. The summed E-state index contributed by atoms with van der Waals surface area (Å²) in [4.78, 5) is 13.8. The van der Waals surface area contributed by atoms with Crippen molar-refractivity contribution >= 4 is 11.6 Å². The molecule has 0 saturated heterocycles. The van der Waals surface area contributed by atoms with Gasteiger partial charge >= 0.3 is 0 Å². The van der Waals surface area contributed by atoms with Crippen LogP contribution in [0.3, 0.4) is 0 Å². The van der Waals surface area contributed by atoms with E-state index in [9.17, 15) is 9.18 Å². The Morgan fingerprint density at radius 3 is 2.67 bits per heavy atom. The lowest BCUT2D eigenvalue weighted by Gasteiger charge is -2.18. The number of carbonyl (C=O) groups is 1. The highest BCUT2D eigenvalue weighted by Gasteiger charge is 2.18. The van der Waals surface area contributed by atoms with E-state index in [1.165, 1.54) is 24.1 Å². The summed E-state index contributed by atoms with van der Waals surface area (Å²) in [5, 5.41) is 0. The molecule has 110 valence electrons. The summed E-state index contributed by atoms with van der Waals surface area (Å²) in [7, 11) is 3.04. The summed E-state index contributed by atoms with van der Waals surface area (Å²) in [6.45, 7) is 0.382. The van der Waals surface area contributed by atoms with E-state index in [0.717, 1.165) is 5.56 Å². The summed E-state index contributed by atoms with van der Waals surface area (Å²) < 4.78 is 18.9. The topological polar surface area (TPSA) is 55.6 Å². The van der Waals surface area contributed by atoms with Crippen LogP contribution in [0.15, 0.2) is 42.5 Å². The Balaban J connectivity index is 2.30. The molecule has 0 aliphatic heterocycles. The van der Waals surface area contributed by atoms with Gasteiger partial charge in [-0.2, -0.15) is 0 Å². The first-order chi connectivity index (χ1) is 10.1. The molecule has 2 aromatic rings. The summed E-state index contributed by atoms with van der Waals surface area (Å²) >= 11 is 0. The van der Waals surface area contributed by atoms with Crippen LogP contribution in [0.1, 0.15) is 15.9 Å². The van der Waals surface area contributed by atoms with Gasteiger partial charge in [-0.15, -0.1) is 0 Å². The van der Waals surface area contributed by atoms with Gasteiger partial charge in [0.15, 0.2) is 0 Å². The molecule has 0 aliphatic carbocycles. The maximum atomic E-state index is 14.0. The molecule has 5 heteroatoms. The third-order valence-electron chi connectivity index (χ3n) is 3.24. The predicted molar refractivity (Wildman–Crippen MR) is 80.0 cm³/mol. The van der Waals surface area contributed by atoms with Crippen molar-refractivity contribution in [3.8, 4) is 5.75 Å². The predicted octanol–water partition coefficient (Wildman–Crippen LogP) is 2.57. The molecular formula is C16H17FN2O2. The standard InChI is InChI=1S/C16H17FN2O2/c1-19(12-5-3-4-11(8-12)10-18)16(20)14-7-6-13(21-2)9-15(14)17/h3-9H,10,18H2,1-2H3. The van der Waals surface area contributed by atoms with Gasteiger partial charge in [0.25, 0.3) is 5.91 Å². The fraction of sp³-hybridized carbons (Fsp3) is 0.188. The lowest BCUT2D eigenvalue weighted by Crippen LogP contribution is -2.27. The molecule has 0 heterocycles. The molecule has 0 fully saturated rings. The number of hydrogen-bond acceptors (Lipinski definition) is 3. The zero-order chi connectivity index (χ0) is 15.4. The maximum Gasteiger partial charge on any atom is 0.260 e. The van der Waals surface area contributed by atoms with Gasteiger partial charge < -0.3 is 15.4 Å². The van der Waals surface area contributed by atoms with Crippen molar-refractivity contribution < 1.29 is 13.9 Å². The van der Waals surface area contributed by atoms with E-state index in [1.807, 2.05) is 12.1 Å². The van der Waals surface area contributed by atoms with Crippen LogP contribution in [0, 0.1) is 5.82 Å². The molecule has 0 aromatic heterocycles. The highest BCUT2D eigenvalue weighted by atomic mass is 19.1. The summed E-state index contributed by atoms with van der Waals surface area (Å²) in [6.07, 6.45) is 0. The zero-order valence-corrected chi connectivity index (χ0v) is 12.0. The fourth-order valence-corrected chi connectivity index (χ4v) is 1.99. The highest BCUT2D eigenvalue weighted by Crippen LogP contribution is 2.21. The first kappa shape index (κ1) is 15.0. The molecule has 0 bridgehead atoms. The molecule has 2 N–H and O–H groups in total. The number of carbonyl (C=O) groups excluding carboxylic acids is 1. The SMILES string of the molecule is COc1ccc(C(=O)N(C)c2cccc(CN)c2)c(F)c1. The number of rotatable bonds is 4. The lowest BCUT2D eigenvalue weighted by atomic mass is 10.1. The molecule has 2 aromatic carbocycles. The Morgan fingerprint density at radius 1 is 1.29 bits per heavy atom. The van der Waals surface area contributed by atoms with Gasteiger partial charge in [-0.3, -0.25) is 4.79 Å². The number of benzene rings is 2. The molecule has 0 spiro atoms. The Kier molecular flexibility index (Phi) is 4.55. The van der Waals surface area contributed by atoms with Crippen LogP contribution in [0.4, 0.5) is 10.1 Å². The Hall–Kier alpha value is -2.40. The van der Waals surface area contributed by atoms with Crippen LogP contribution >= 0.6 is 0 Å². The maximum absolute atomic E-state index is 14.0. The van der Waals surface area contributed by atoms with Crippen LogP contribution in [0.25, 0.3) is 0 Å². The third kappa shape index (κ3) is 3.20. The van der Waals surface area contributed by atoms with Crippen molar-refractivity contribution in [3.05, 3.63) is 59.4 Å². The van der Waals surface area contributed by atoms with Gasteiger partial charge in [0.2, 0.25) is 0 Å². The monoisotopic (exact) mass is 288 g/mol. The number of ether oxygens (including phenoxy) is 1. The quantitative estimate of drug-likeness (QED) is 0.940. The van der Waals surface area contributed by atoms with Gasteiger partial charge in [0, 0.05) is 25.3 Å². The summed E-state index contributed by atoms with van der Waals surface area (Å²) in [5.74, 6) is -0.665. The van der Waals surface area contributed by atoms with Crippen molar-refractivity contribution in [1.82, 2.24) is 0 Å². The van der Waals surface area contributed by atoms with E-state index < -0.39 is 11.7 Å². The van der Waals surface area contributed by atoms with Crippen LogP contribution < -0.4 is 15.4 Å². The van der Waals surface area contributed by atoms with Gasteiger partial charge in [0.05, 0.1) is 12.7 Å². The molecule has 0 saturated carbocycles. The molecule has 0 radical (unpaired) electrons. The number of halogens is 1. The van der Waals surface area contributed by atoms with E-state index in [2.05, 4.69) is 0 Å². The Bertz CT molecular complexity index is 658. The van der Waals surface area contributed by atoms with Crippen molar-refractivity contribution in [2.45, 2.75) is 6.54 Å². The van der Waals surface area contributed by atoms with E-state index in [1.54, 1.807) is 25.2 Å². The van der Waals surface area contributed by atoms with Crippen LogP contribution in [0.2, 0.25) is 0 Å². The number of nitrogens with two attached hydrogens (primary N) is 1. The second-order valence-electron chi connectivity index (χ2n) is 4.58. The van der Waals surface area contributed by atoms with Gasteiger partial charge in [-0.25, -0.2) is 4.39 Å². The second kappa shape index (κ2) is 6.37. The molecule has 0 unspecified atom stereocenters. The van der Waals surface area contributed by atoms with Gasteiger partial charge in [-0.05, 0) is 29.8 Å². The van der Waals surface area contributed by atoms with Crippen molar-refractivity contribution in [1.29, 1.82) is 0 Å². The van der Waals surface area contributed by atoms with Crippen molar-refractivity contribution in [3.63, 3.8) is 0 Å². The van der Waals surface area contributed by atoms with E-state index >= 15 is 0 Å². The Labute approximate surface area is 122 Å². The number of hydrogen-bond donors (Lipinski definition) is 1. The molecule has 1 amide bonds. The second-order valence-corrected chi connectivity index (χ2v) is 4.58. The fourth-order valence-electron chi connectivity index (χ4n) is 1.99. The van der Waals surface area contributed by atoms with Gasteiger partial charge in [0.1, 0.15) is 11.6 Å².